The molecule has 0 radical (unpaired) electrons. The van der Waals surface area contributed by atoms with E-state index in [1.807, 2.05) is 17.5 Å². The predicted octanol–water partition coefficient (Wildman–Crippen LogP) is 0.103. The summed E-state index contributed by atoms with van der Waals surface area (Å²) in [4.78, 5) is 23.5. The Hall–Kier alpha value is -2.15. The van der Waals surface area contributed by atoms with Crippen LogP contribution >= 0.6 is 11.3 Å². The van der Waals surface area contributed by atoms with Crippen molar-refractivity contribution in [2.24, 2.45) is 5.73 Å². The summed E-state index contributed by atoms with van der Waals surface area (Å²) in [7, 11) is 0. The molecule has 0 bridgehead atoms. The van der Waals surface area contributed by atoms with E-state index >= 15 is 0 Å². The van der Waals surface area contributed by atoms with Gasteiger partial charge in [0.25, 0.3) is 11.5 Å². The minimum atomic E-state index is -0.849. The van der Waals surface area contributed by atoms with Crippen LogP contribution in [-0.4, -0.2) is 16.1 Å². The van der Waals surface area contributed by atoms with Gasteiger partial charge in [-0.15, -0.1) is 11.3 Å². The zero-order chi connectivity index (χ0) is 12.4. The first-order valence-electron chi connectivity index (χ1n) is 4.79. The van der Waals surface area contributed by atoms with Crippen LogP contribution in [0.1, 0.15) is 20.9 Å². The highest BCUT2D eigenvalue weighted by molar-refractivity contribution is 7.09. The van der Waals surface area contributed by atoms with Gasteiger partial charge in [0.15, 0.2) is 0 Å². The summed E-state index contributed by atoms with van der Waals surface area (Å²) in [6, 6.07) is 3.82. The molecule has 0 aromatic carbocycles. The average molecular weight is 250 g/mol. The number of rotatable bonds is 3. The number of nitrogen functional groups attached to an aromatic ring is 1. The summed E-state index contributed by atoms with van der Waals surface area (Å²) in [5.41, 5.74) is 10.4. The lowest BCUT2D eigenvalue weighted by molar-refractivity contribution is 0.0999. The van der Waals surface area contributed by atoms with E-state index in [9.17, 15) is 9.59 Å². The number of thiophene rings is 1. The third-order valence-corrected chi connectivity index (χ3v) is 3.14. The predicted molar refractivity (Wildman–Crippen MR) is 64.9 cm³/mol. The van der Waals surface area contributed by atoms with Crippen LogP contribution < -0.4 is 17.0 Å². The molecule has 1 amide bonds. The molecule has 0 saturated heterocycles. The van der Waals surface area contributed by atoms with Crippen LogP contribution in [0.2, 0.25) is 0 Å². The van der Waals surface area contributed by atoms with Crippen molar-refractivity contribution >= 4 is 22.9 Å². The van der Waals surface area contributed by atoms with Gasteiger partial charge in [-0.2, -0.15) is 5.10 Å². The van der Waals surface area contributed by atoms with Gasteiger partial charge in [-0.1, -0.05) is 6.07 Å². The highest BCUT2D eigenvalue weighted by atomic mass is 32.1. The van der Waals surface area contributed by atoms with Gasteiger partial charge in [0.2, 0.25) is 0 Å². The molecule has 0 aliphatic heterocycles. The topological polar surface area (TPSA) is 115 Å². The van der Waals surface area contributed by atoms with Gasteiger partial charge in [0, 0.05) is 11.3 Å². The number of nitrogens with two attached hydrogens (primary N) is 2. The molecule has 0 spiro atoms. The van der Waals surface area contributed by atoms with E-state index in [-0.39, 0.29) is 11.3 Å². The fourth-order valence-corrected chi connectivity index (χ4v) is 2.17. The van der Waals surface area contributed by atoms with Crippen molar-refractivity contribution in [2.75, 3.05) is 5.73 Å². The number of primary amides is 1. The van der Waals surface area contributed by atoms with Gasteiger partial charge >= 0.3 is 0 Å². The van der Waals surface area contributed by atoms with Crippen LogP contribution in [0.25, 0.3) is 0 Å². The third-order valence-electron chi connectivity index (χ3n) is 2.27. The molecule has 88 valence electrons. The summed E-state index contributed by atoms with van der Waals surface area (Å²) in [5, 5.41) is 7.98. The van der Waals surface area contributed by atoms with Crippen molar-refractivity contribution in [3.63, 3.8) is 0 Å². The Morgan fingerprint density at radius 2 is 2.29 bits per heavy atom. The Morgan fingerprint density at radius 1 is 1.53 bits per heavy atom. The number of carbonyl (C=O) groups excluding carboxylic acids is 1. The molecule has 0 saturated carbocycles. The number of hydrogen-bond donors (Lipinski definition) is 3. The smallest absolute Gasteiger partial charge is 0.279 e. The lowest BCUT2D eigenvalue weighted by Gasteiger charge is -2.05. The molecule has 2 rings (SSSR count). The van der Waals surface area contributed by atoms with Gasteiger partial charge in [0.05, 0.1) is 11.4 Å². The molecule has 0 unspecified atom stereocenters. The molecular formula is C10H10N4O2S. The molecule has 0 aliphatic rings. The Morgan fingerprint density at radius 3 is 2.88 bits per heavy atom. The highest BCUT2D eigenvalue weighted by Crippen LogP contribution is 2.18. The Bertz CT molecular complexity index is 603. The number of anilines is 1. The van der Waals surface area contributed by atoms with E-state index in [1.54, 1.807) is 11.3 Å². The van der Waals surface area contributed by atoms with Crippen LogP contribution in [0, 0.1) is 0 Å². The van der Waals surface area contributed by atoms with E-state index in [0.717, 1.165) is 4.88 Å². The highest BCUT2D eigenvalue weighted by Gasteiger charge is 2.16. The molecule has 17 heavy (non-hydrogen) atoms. The summed E-state index contributed by atoms with van der Waals surface area (Å²) < 4.78 is 0. The molecule has 2 heterocycles. The number of aromatic amines is 1. The van der Waals surface area contributed by atoms with Crippen molar-refractivity contribution in [3.05, 3.63) is 44.0 Å². The molecule has 0 fully saturated rings. The second kappa shape index (κ2) is 4.38. The molecule has 6 nitrogen and oxygen atoms in total. The van der Waals surface area contributed by atoms with Crippen molar-refractivity contribution in [3.8, 4) is 0 Å². The second-order valence-electron chi connectivity index (χ2n) is 3.41. The number of nitrogens with one attached hydrogen (secondary N) is 1. The first kappa shape index (κ1) is 11.3. The maximum Gasteiger partial charge on any atom is 0.279 e. The summed E-state index contributed by atoms with van der Waals surface area (Å²) in [6.07, 6.45) is 0.459. The van der Waals surface area contributed by atoms with E-state index in [2.05, 4.69) is 10.2 Å². The largest absolute Gasteiger partial charge is 0.396 e. The van der Waals surface area contributed by atoms with Crippen molar-refractivity contribution in [2.45, 2.75) is 6.42 Å². The van der Waals surface area contributed by atoms with Crippen LogP contribution in [0.3, 0.4) is 0 Å². The minimum Gasteiger partial charge on any atom is -0.396 e. The Labute approximate surface area is 100 Å². The molecular weight excluding hydrogens is 240 g/mol. The van der Waals surface area contributed by atoms with Crippen LogP contribution in [0.4, 0.5) is 5.69 Å². The summed E-state index contributed by atoms with van der Waals surface area (Å²) in [5.74, 6) is -0.849. The monoisotopic (exact) mass is 250 g/mol. The summed E-state index contributed by atoms with van der Waals surface area (Å²) in [6.45, 7) is 0. The lowest BCUT2D eigenvalue weighted by Crippen LogP contribution is -2.27. The number of nitrogens with zero attached hydrogens (tertiary/aromatic N) is 1. The zero-order valence-electron chi connectivity index (χ0n) is 8.77. The molecule has 2 aromatic heterocycles. The van der Waals surface area contributed by atoms with E-state index in [0.29, 0.717) is 12.1 Å². The number of H-pyrrole nitrogens is 1. The number of aromatic nitrogens is 2. The number of hydrogen-bond acceptors (Lipinski definition) is 5. The van der Waals surface area contributed by atoms with Crippen LogP contribution in [0.15, 0.2) is 22.3 Å². The van der Waals surface area contributed by atoms with Crippen LogP contribution in [-0.2, 0) is 6.42 Å². The normalized spacial score (nSPS) is 10.4. The number of amides is 1. The minimum absolute atomic E-state index is 0.0506. The molecule has 2 aromatic rings. The molecule has 0 aliphatic carbocycles. The van der Waals surface area contributed by atoms with Gasteiger partial charge < -0.3 is 11.5 Å². The summed E-state index contributed by atoms with van der Waals surface area (Å²) >= 11 is 1.54. The van der Waals surface area contributed by atoms with E-state index in [1.165, 1.54) is 0 Å². The van der Waals surface area contributed by atoms with E-state index in [4.69, 9.17) is 11.5 Å². The lowest BCUT2D eigenvalue weighted by atomic mass is 10.1. The maximum atomic E-state index is 11.3. The first-order chi connectivity index (χ1) is 8.09. The van der Waals surface area contributed by atoms with Gasteiger partial charge in [-0.3, -0.25) is 9.59 Å². The molecule has 0 atom stereocenters. The fraction of sp³-hybridized carbons (Fsp3) is 0.100. The molecule has 7 heteroatoms. The zero-order valence-corrected chi connectivity index (χ0v) is 9.58. The number of carbonyl (C=O) groups is 1. The SMILES string of the molecule is NC(=O)c1c(N)c(Cc2cccs2)n[nH]c1=O. The Kier molecular flexibility index (Phi) is 2.92. The average Bonchev–Trinajstić information content (AvgIpc) is 2.74. The first-order valence-corrected chi connectivity index (χ1v) is 5.66. The maximum absolute atomic E-state index is 11.3. The molecule has 5 N–H and O–H groups in total. The van der Waals surface area contributed by atoms with Crippen molar-refractivity contribution in [1.82, 2.24) is 10.2 Å². The van der Waals surface area contributed by atoms with Gasteiger partial charge in [-0.25, -0.2) is 5.10 Å². The quantitative estimate of drug-likeness (QED) is 0.716. The Balaban J connectivity index is 2.46. The van der Waals surface area contributed by atoms with Gasteiger partial charge in [0.1, 0.15) is 5.56 Å². The standard InChI is InChI=1S/C10H10N4O2S/c11-8-6(4-5-2-1-3-17-5)13-14-10(16)7(8)9(12)15/h1-3H,4H2,(H2,12,15)(H3,11,14,16). The van der Waals surface area contributed by atoms with Gasteiger partial charge in [-0.05, 0) is 11.4 Å². The van der Waals surface area contributed by atoms with Crippen LogP contribution in [0.5, 0.6) is 0 Å². The second-order valence-corrected chi connectivity index (χ2v) is 4.44. The van der Waals surface area contributed by atoms with Crippen molar-refractivity contribution < 1.29 is 4.79 Å². The fourth-order valence-electron chi connectivity index (χ4n) is 1.46. The van der Waals surface area contributed by atoms with E-state index < -0.39 is 11.5 Å². The van der Waals surface area contributed by atoms with Crippen molar-refractivity contribution in [1.29, 1.82) is 0 Å². The third kappa shape index (κ3) is 2.18.